The molecule has 0 amide bonds. The predicted molar refractivity (Wildman–Crippen MR) is 83.3 cm³/mol. The maximum absolute atomic E-state index is 13.9. The SMILES string of the molecule is Fc1cc(C(F)(F)F)cc(F)c1Oc1cc(Br)cc(-c2ccco2)c1. The third-order valence-electron chi connectivity index (χ3n) is 3.22. The van der Waals surface area contributed by atoms with Gasteiger partial charge >= 0.3 is 6.18 Å². The first-order valence-corrected chi connectivity index (χ1v) is 7.62. The molecule has 0 saturated carbocycles. The van der Waals surface area contributed by atoms with Crippen LogP contribution in [0.5, 0.6) is 11.5 Å². The first-order valence-electron chi connectivity index (χ1n) is 6.82. The third-order valence-corrected chi connectivity index (χ3v) is 3.68. The van der Waals surface area contributed by atoms with E-state index in [2.05, 4.69) is 15.9 Å². The standard InChI is InChI=1S/C17H8BrF5O2/c18-11-4-9(15-2-1-3-24-15)5-12(8-11)25-16-13(19)6-10(7-14(16)20)17(21,22)23/h1-8H. The van der Waals surface area contributed by atoms with Gasteiger partial charge < -0.3 is 9.15 Å². The molecule has 25 heavy (non-hydrogen) atoms. The molecule has 0 aliphatic rings. The van der Waals surface area contributed by atoms with Gasteiger partial charge in [0.05, 0.1) is 11.8 Å². The molecule has 2 nitrogen and oxygen atoms in total. The van der Waals surface area contributed by atoms with E-state index in [-0.39, 0.29) is 17.9 Å². The molecule has 3 aromatic rings. The van der Waals surface area contributed by atoms with Crippen LogP contribution in [0, 0.1) is 11.6 Å². The summed E-state index contributed by atoms with van der Waals surface area (Å²) in [7, 11) is 0. The fourth-order valence-corrected chi connectivity index (χ4v) is 2.62. The largest absolute Gasteiger partial charge is 0.464 e. The lowest BCUT2D eigenvalue weighted by atomic mass is 10.1. The zero-order valence-electron chi connectivity index (χ0n) is 12.2. The van der Waals surface area contributed by atoms with Gasteiger partial charge in [-0.25, -0.2) is 8.78 Å². The van der Waals surface area contributed by atoms with E-state index in [1.54, 1.807) is 18.2 Å². The van der Waals surface area contributed by atoms with Crippen molar-refractivity contribution in [3.8, 4) is 22.8 Å². The number of hydrogen-bond acceptors (Lipinski definition) is 2. The lowest BCUT2D eigenvalue weighted by Gasteiger charge is -2.12. The molecular formula is C17H8BrF5O2. The Hall–Kier alpha value is -2.35. The highest BCUT2D eigenvalue weighted by Crippen LogP contribution is 2.37. The summed E-state index contributed by atoms with van der Waals surface area (Å²) in [6, 6.07) is 8.25. The Balaban J connectivity index is 1.98. The van der Waals surface area contributed by atoms with E-state index in [4.69, 9.17) is 9.15 Å². The van der Waals surface area contributed by atoms with Crippen LogP contribution in [0.15, 0.2) is 57.6 Å². The van der Waals surface area contributed by atoms with Crippen LogP contribution in [0.3, 0.4) is 0 Å². The van der Waals surface area contributed by atoms with Gasteiger partial charge in [-0.1, -0.05) is 15.9 Å². The summed E-state index contributed by atoms with van der Waals surface area (Å²) in [5.41, 5.74) is -0.873. The van der Waals surface area contributed by atoms with Gasteiger partial charge in [-0.3, -0.25) is 0 Å². The van der Waals surface area contributed by atoms with Crippen LogP contribution >= 0.6 is 15.9 Å². The summed E-state index contributed by atoms with van der Waals surface area (Å²) in [5.74, 6) is -3.31. The van der Waals surface area contributed by atoms with Gasteiger partial charge in [0, 0.05) is 10.0 Å². The van der Waals surface area contributed by atoms with Crippen LogP contribution in [0.2, 0.25) is 0 Å². The summed E-state index contributed by atoms with van der Waals surface area (Å²) >= 11 is 3.23. The fraction of sp³-hybridized carbons (Fsp3) is 0.0588. The van der Waals surface area contributed by atoms with E-state index in [1.807, 2.05) is 0 Å². The second-order valence-corrected chi connectivity index (χ2v) is 5.94. The molecule has 0 saturated heterocycles. The maximum atomic E-state index is 13.9. The number of benzene rings is 2. The first kappa shape index (κ1) is 17.5. The minimum Gasteiger partial charge on any atom is -0.464 e. The van der Waals surface area contributed by atoms with Gasteiger partial charge in [0.25, 0.3) is 0 Å². The molecule has 1 heterocycles. The molecule has 130 valence electrons. The number of ether oxygens (including phenoxy) is 1. The van der Waals surface area contributed by atoms with Crippen molar-refractivity contribution in [2.24, 2.45) is 0 Å². The summed E-state index contributed by atoms with van der Waals surface area (Å²) in [5, 5.41) is 0. The van der Waals surface area contributed by atoms with Crippen LogP contribution in [0.1, 0.15) is 5.56 Å². The van der Waals surface area contributed by atoms with Crippen LogP contribution < -0.4 is 4.74 Å². The van der Waals surface area contributed by atoms with Crippen molar-refractivity contribution in [1.29, 1.82) is 0 Å². The summed E-state index contributed by atoms with van der Waals surface area (Å²) in [6.45, 7) is 0. The molecule has 2 aromatic carbocycles. The molecule has 0 bridgehead atoms. The number of alkyl halides is 3. The van der Waals surface area contributed by atoms with E-state index >= 15 is 0 Å². The highest BCUT2D eigenvalue weighted by molar-refractivity contribution is 9.10. The van der Waals surface area contributed by atoms with E-state index in [0.717, 1.165) is 0 Å². The molecule has 0 atom stereocenters. The van der Waals surface area contributed by atoms with Crippen LogP contribution in [0.25, 0.3) is 11.3 Å². The van der Waals surface area contributed by atoms with E-state index in [0.29, 0.717) is 15.8 Å². The lowest BCUT2D eigenvalue weighted by Crippen LogP contribution is -2.07. The lowest BCUT2D eigenvalue weighted by molar-refractivity contribution is -0.138. The molecular weight excluding hydrogens is 411 g/mol. The minimum atomic E-state index is -4.86. The number of halogens is 6. The smallest absolute Gasteiger partial charge is 0.416 e. The second-order valence-electron chi connectivity index (χ2n) is 5.02. The highest BCUT2D eigenvalue weighted by atomic mass is 79.9. The van der Waals surface area contributed by atoms with Crippen LogP contribution in [0.4, 0.5) is 22.0 Å². The Labute approximate surface area is 147 Å². The maximum Gasteiger partial charge on any atom is 0.416 e. The van der Waals surface area contributed by atoms with Crippen molar-refractivity contribution in [2.75, 3.05) is 0 Å². The third kappa shape index (κ3) is 3.84. The fourth-order valence-electron chi connectivity index (χ4n) is 2.15. The molecule has 0 aliphatic heterocycles. The Morgan fingerprint density at radius 3 is 2.20 bits per heavy atom. The topological polar surface area (TPSA) is 22.4 Å². The van der Waals surface area contributed by atoms with Crippen molar-refractivity contribution in [1.82, 2.24) is 0 Å². The summed E-state index contributed by atoms with van der Waals surface area (Å²) < 4.78 is 76.4. The van der Waals surface area contributed by atoms with Gasteiger partial charge in [-0.15, -0.1) is 0 Å². The summed E-state index contributed by atoms with van der Waals surface area (Å²) in [6.07, 6.45) is -3.41. The molecule has 3 rings (SSSR count). The molecule has 0 spiro atoms. The Kier molecular flexibility index (Phi) is 4.55. The average molecular weight is 419 g/mol. The molecule has 0 N–H and O–H groups in total. The van der Waals surface area contributed by atoms with Crippen molar-refractivity contribution in [2.45, 2.75) is 6.18 Å². The van der Waals surface area contributed by atoms with Gasteiger partial charge in [0.2, 0.25) is 0 Å². The first-order chi connectivity index (χ1) is 11.7. The Bertz CT molecular complexity index is 881. The highest BCUT2D eigenvalue weighted by Gasteiger charge is 2.33. The molecule has 0 unspecified atom stereocenters. The van der Waals surface area contributed by atoms with Crippen molar-refractivity contribution in [3.63, 3.8) is 0 Å². The van der Waals surface area contributed by atoms with Gasteiger partial charge in [-0.2, -0.15) is 13.2 Å². The molecule has 0 radical (unpaired) electrons. The second kappa shape index (κ2) is 6.51. The van der Waals surface area contributed by atoms with Crippen molar-refractivity contribution >= 4 is 15.9 Å². The van der Waals surface area contributed by atoms with Gasteiger partial charge in [-0.05, 0) is 42.5 Å². The molecule has 0 fully saturated rings. The van der Waals surface area contributed by atoms with Gasteiger partial charge in [0.1, 0.15) is 11.5 Å². The molecule has 1 aromatic heterocycles. The van der Waals surface area contributed by atoms with E-state index in [1.165, 1.54) is 18.4 Å². The number of furan rings is 1. The average Bonchev–Trinajstić information content (AvgIpc) is 3.03. The Morgan fingerprint density at radius 2 is 1.64 bits per heavy atom. The Morgan fingerprint density at radius 1 is 0.960 bits per heavy atom. The number of hydrogen-bond donors (Lipinski definition) is 0. The minimum absolute atomic E-state index is 0.0262. The zero-order valence-corrected chi connectivity index (χ0v) is 13.8. The van der Waals surface area contributed by atoms with Crippen molar-refractivity contribution < 1.29 is 31.1 Å². The van der Waals surface area contributed by atoms with E-state index < -0.39 is 29.1 Å². The summed E-state index contributed by atoms with van der Waals surface area (Å²) in [4.78, 5) is 0. The zero-order chi connectivity index (χ0) is 18.2. The number of rotatable bonds is 3. The van der Waals surface area contributed by atoms with E-state index in [9.17, 15) is 22.0 Å². The van der Waals surface area contributed by atoms with Crippen LogP contribution in [-0.4, -0.2) is 0 Å². The molecule has 0 aliphatic carbocycles. The van der Waals surface area contributed by atoms with Crippen molar-refractivity contribution in [3.05, 3.63) is 70.4 Å². The monoisotopic (exact) mass is 418 g/mol. The van der Waals surface area contributed by atoms with Crippen LogP contribution in [-0.2, 0) is 6.18 Å². The predicted octanol–water partition coefficient (Wildman–Crippen LogP) is 6.80. The normalized spacial score (nSPS) is 11.6. The molecule has 8 heteroatoms. The quantitative estimate of drug-likeness (QED) is 0.436. The van der Waals surface area contributed by atoms with Gasteiger partial charge in [0.15, 0.2) is 17.4 Å².